The molecule has 0 atom stereocenters. The molecule has 0 radical (unpaired) electrons. The zero-order valence-corrected chi connectivity index (χ0v) is 20.6. The summed E-state index contributed by atoms with van der Waals surface area (Å²) in [6.45, 7) is 2.45. The average molecular weight is 504 g/mol. The maximum Gasteiger partial charge on any atom is 0.320 e. The van der Waals surface area contributed by atoms with Crippen LogP contribution in [0.2, 0.25) is 0 Å². The summed E-state index contributed by atoms with van der Waals surface area (Å²) in [4.78, 5) is 37.2. The second kappa shape index (κ2) is 8.82. The highest BCUT2D eigenvalue weighted by atomic mass is 16.6. The largest absolute Gasteiger partial charge is 0.321 e. The van der Waals surface area contributed by atoms with Crippen molar-refractivity contribution in [3.8, 4) is 0 Å². The van der Waals surface area contributed by atoms with Crippen LogP contribution in [-0.4, -0.2) is 36.3 Å². The van der Waals surface area contributed by atoms with Gasteiger partial charge in [0, 0.05) is 24.1 Å². The van der Waals surface area contributed by atoms with E-state index in [1.54, 1.807) is 45.9 Å². The summed E-state index contributed by atoms with van der Waals surface area (Å²) in [7, 11) is 0. The van der Waals surface area contributed by atoms with Gasteiger partial charge in [-0.15, -0.1) is 0 Å². The number of anilines is 2. The van der Waals surface area contributed by atoms with E-state index >= 15 is 0 Å². The quantitative estimate of drug-likeness (QED) is 0.361. The summed E-state index contributed by atoms with van der Waals surface area (Å²) in [5.41, 5.74) is 0.578. The lowest BCUT2D eigenvalue weighted by Gasteiger charge is -2.56. The number of nitrogens with one attached hydrogen (secondary N) is 2. The second-order valence-electron chi connectivity index (χ2n) is 10.7. The summed E-state index contributed by atoms with van der Waals surface area (Å²) in [6, 6.07) is 8.27. The van der Waals surface area contributed by atoms with E-state index < -0.39 is 10.8 Å². The van der Waals surface area contributed by atoms with Gasteiger partial charge in [-0.25, -0.2) is 0 Å². The third kappa shape index (κ3) is 4.17. The molecule has 11 nitrogen and oxygen atoms in total. The number of nitrogens with zero attached hydrogens (tertiary/aromatic N) is 5. The highest BCUT2D eigenvalue weighted by molar-refractivity contribution is 6.06. The van der Waals surface area contributed by atoms with E-state index in [0.29, 0.717) is 41.4 Å². The van der Waals surface area contributed by atoms with Crippen LogP contribution in [0.15, 0.2) is 42.7 Å². The minimum absolute atomic E-state index is 0.193. The van der Waals surface area contributed by atoms with E-state index in [2.05, 4.69) is 20.8 Å². The fourth-order valence-electron chi connectivity index (χ4n) is 7.09. The average Bonchev–Trinajstić information content (AvgIpc) is 3.52. The van der Waals surface area contributed by atoms with Gasteiger partial charge in [0.05, 0.1) is 10.5 Å². The van der Waals surface area contributed by atoms with Crippen LogP contribution in [0.25, 0.3) is 0 Å². The predicted molar refractivity (Wildman–Crippen MR) is 135 cm³/mol. The van der Waals surface area contributed by atoms with Gasteiger partial charge in [0.1, 0.15) is 11.9 Å². The number of aromatic nitrogens is 4. The van der Waals surface area contributed by atoms with Crippen LogP contribution in [0.4, 0.5) is 17.1 Å². The van der Waals surface area contributed by atoms with Crippen molar-refractivity contribution in [1.29, 1.82) is 0 Å². The number of hydrogen-bond acceptors (Lipinski definition) is 6. The normalized spacial score (nSPS) is 25.7. The molecular weight excluding hydrogens is 474 g/mol. The number of hydrogen-bond donors (Lipinski definition) is 2. The molecular formula is C26H29N7O4. The monoisotopic (exact) mass is 503 g/mol. The van der Waals surface area contributed by atoms with E-state index in [1.165, 1.54) is 25.5 Å². The number of carbonyl (C=O) groups excluding carboxylic acids is 2. The molecule has 7 rings (SSSR count). The number of carbonyl (C=O) groups is 2. The predicted octanol–water partition coefficient (Wildman–Crippen LogP) is 4.44. The first-order valence-corrected chi connectivity index (χ1v) is 12.8. The Balaban J connectivity index is 1.22. The Labute approximate surface area is 213 Å². The number of nitro groups is 1. The van der Waals surface area contributed by atoms with Crippen molar-refractivity contribution in [3.63, 3.8) is 0 Å². The molecule has 1 aromatic carbocycles. The summed E-state index contributed by atoms with van der Waals surface area (Å²) in [6.07, 6.45) is 9.64. The van der Waals surface area contributed by atoms with Crippen molar-refractivity contribution in [3.05, 3.63) is 64.2 Å². The van der Waals surface area contributed by atoms with Crippen molar-refractivity contribution in [2.24, 2.45) is 17.8 Å². The number of aryl methyl sites for hydroxylation is 1. The molecule has 0 unspecified atom stereocenters. The Kier molecular flexibility index (Phi) is 5.58. The number of benzene rings is 1. The van der Waals surface area contributed by atoms with Crippen LogP contribution in [0.3, 0.4) is 0 Å². The minimum atomic E-state index is -0.650. The van der Waals surface area contributed by atoms with Gasteiger partial charge in [0.15, 0.2) is 0 Å². The summed E-state index contributed by atoms with van der Waals surface area (Å²) in [5, 5.41) is 26.0. The smallest absolute Gasteiger partial charge is 0.320 e. The summed E-state index contributed by atoms with van der Waals surface area (Å²) >= 11 is 0. The first-order valence-electron chi connectivity index (χ1n) is 12.8. The molecule has 4 saturated carbocycles. The highest BCUT2D eigenvalue weighted by Gasteiger charge is 2.53. The van der Waals surface area contributed by atoms with E-state index in [1.807, 2.05) is 6.92 Å². The molecule has 4 aliphatic carbocycles. The highest BCUT2D eigenvalue weighted by Crippen LogP contribution is 2.58. The molecule has 4 bridgehead atoms. The second-order valence-corrected chi connectivity index (χ2v) is 10.7. The van der Waals surface area contributed by atoms with Gasteiger partial charge in [-0.05, 0) is 87.5 Å². The molecule has 11 heteroatoms. The third-order valence-electron chi connectivity index (χ3n) is 8.23. The zero-order valence-electron chi connectivity index (χ0n) is 20.6. The molecule has 2 N–H and O–H groups in total. The van der Waals surface area contributed by atoms with E-state index in [4.69, 9.17) is 0 Å². The van der Waals surface area contributed by atoms with Gasteiger partial charge in [-0.2, -0.15) is 10.2 Å². The maximum absolute atomic E-state index is 13.2. The molecule has 4 aliphatic rings. The SMILES string of the molecule is CCn1nccc1C(=O)Nc1cccc(NC(=O)c2nn(C34CC5CC(CC(C5)C3)C4)cc2[N+](=O)[O-])c1. The minimum Gasteiger partial charge on any atom is -0.321 e. The maximum atomic E-state index is 13.2. The van der Waals surface area contributed by atoms with Gasteiger partial charge in [-0.3, -0.25) is 29.1 Å². The third-order valence-corrected chi connectivity index (χ3v) is 8.23. The van der Waals surface area contributed by atoms with E-state index in [0.717, 1.165) is 19.3 Å². The van der Waals surface area contributed by atoms with Crippen LogP contribution in [0, 0.1) is 27.9 Å². The molecule has 3 aromatic rings. The molecule has 0 aliphatic heterocycles. The van der Waals surface area contributed by atoms with Crippen LogP contribution in [0.5, 0.6) is 0 Å². The van der Waals surface area contributed by atoms with Crippen LogP contribution in [-0.2, 0) is 12.1 Å². The van der Waals surface area contributed by atoms with Crippen LogP contribution in [0.1, 0.15) is 66.4 Å². The topological polar surface area (TPSA) is 137 Å². The van der Waals surface area contributed by atoms with Gasteiger partial charge in [0.2, 0.25) is 5.69 Å². The van der Waals surface area contributed by atoms with E-state index in [9.17, 15) is 19.7 Å². The lowest BCUT2D eigenvalue weighted by atomic mass is 9.53. The Hall–Kier alpha value is -4.02. The molecule has 192 valence electrons. The molecule has 4 fully saturated rings. The Bertz CT molecular complexity index is 1360. The first kappa shape index (κ1) is 23.4. The fraction of sp³-hybridized carbons (Fsp3) is 0.462. The lowest BCUT2D eigenvalue weighted by Crippen LogP contribution is -2.52. The van der Waals surface area contributed by atoms with Gasteiger partial charge >= 0.3 is 5.69 Å². The molecule has 2 aromatic heterocycles. The molecule has 0 spiro atoms. The van der Waals surface area contributed by atoms with Crippen molar-refractivity contribution in [1.82, 2.24) is 19.6 Å². The molecule has 2 amide bonds. The summed E-state index contributed by atoms with van der Waals surface area (Å²) < 4.78 is 3.32. The van der Waals surface area contributed by atoms with Gasteiger partial charge in [-0.1, -0.05) is 6.07 Å². The van der Waals surface area contributed by atoms with Crippen LogP contribution < -0.4 is 10.6 Å². The Morgan fingerprint density at radius 2 is 1.68 bits per heavy atom. The Morgan fingerprint density at radius 1 is 1.05 bits per heavy atom. The van der Waals surface area contributed by atoms with Crippen molar-refractivity contribution >= 4 is 28.9 Å². The lowest BCUT2D eigenvalue weighted by molar-refractivity contribution is -0.385. The molecule has 37 heavy (non-hydrogen) atoms. The van der Waals surface area contributed by atoms with Gasteiger partial charge in [0.25, 0.3) is 11.8 Å². The molecule has 0 saturated heterocycles. The van der Waals surface area contributed by atoms with Crippen molar-refractivity contribution in [2.45, 2.75) is 57.5 Å². The fourth-order valence-corrected chi connectivity index (χ4v) is 7.09. The molecule has 2 heterocycles. The zero-order chi connectivity index (χ0) is 25.7. The number of amides is 2. The van der Waals surface area contributed by atoms with Gasteiger partial charge < -0.3 is 10.6 Å². The summed E-state index contributed by atoms with van der Waals surface area (Å²) in [5.74, 6) is 0.942. The Morgan fingerprint density at radius 3 is 2.27 bits per heavy atom. The first-order chi connectivity index (χ1) is 17.8. The van der Waals surface area contributed by atoms with Crippen LogP contribution >= 0.6 is 0 Å². The van der Waals surface area contributed by atoms with E-state index in [-0.39, 0.29) is 22.8 Å². The number of rotatable bonds is 7. The van der Waals surface area contributed by atoms with Crippen molar-refractivity contribution < 1.29 is 14.5 Å². The van der Waals surface area contributed by atoms with Crippen molar-refractivity contribution in [2.75, 3.05) is 10.6 Å². The standard InChI is InChI=1S/C26H29N7O4/c1-2-31-21(6-7-27-31)24(34)28-19-4-3-5-20(11-19)29-25(35)23-22(33(36)37)15-32(30-23)26-12-16-8-17(13-26)10-18(9-16)14-26/h3-7,11,15-18H,2,8-10,12-14H2,1H3,(H,28,34)(H,29,35).